The van der Waals surface area contributed by atoms with Gasteiger partial charge >= 0.3 is 5.97 Å². The molecule has 214 valence electrons. The summed E-state index contributed by atoms with van der Waals surface area (Å²) in [6, 6.07) is 15.8. The summed E-state index contributed by atoms with van der Waals surface area (Å²) in [4.78, 5) is 19.4. The lowest BCUT2D eigenvalue weighted by molar-refractivity contribution is 0.0445. The van der Waals surface area contributed by atoms with Crippen LogP contribution in [0.3, 0.4) is 0 Å². The Kier molecular flexibility index (Phi) is 7.84. The summed E-state index contributed by atoms with van der Waals surface area (Å²) in [5, 5.41) is 0.328. The molecule has 1 atom stereocenters. The first-order chi connectivity index (χ1) is 19.9. The zero-order valence-electron chi connectivity index (χ0n) is 22.9. The summed E-state index contributed by atoms with van der Waals surface area (Å²) in [5.74, 6) is 1.70. The number of nitrogens with zero attached hydrogens (tertiary/aromatic N) is 3. The molecule has 0 aliphatic carbocycles. The maximum Gasteiger partial charge on any atom is 0.337 e. The normalized spacial score (nSPS) is 17.3. The molecule has 0 radical (unpaired) electrons. The number of piperidine rings is 1. The van der Waals surface area contributed by atoms with Crippen molar-refractivity contribution in [3.05, 3.63) is 88.0 Å². The summed E-state index contributed by atoms with van der Waals surface area (Å²) < 4.78 is 39.1. The molecule has 3 aromatic carbocycles. The van der Waals surface area contributed by atoms with Crippen LogP contribution in [0, 0.1) is 5.82 Å². The highest BCUT2D eigenvalue weighted by molar-refractivity contribution is 6.30. The Labute approximate surface area is 242 Å². The number of ether oxygens (including phenoxy) is 4. The van der Waals surface area contributed by atoms with Crippen LogP contribution in [0.4, 0.5) is 4.39 Å². The zero-order chi connectivity index (χ0) is 28.5. The molecule has 1 fully saturated rings. The first-order valence-electron chi connectivity index (χ1n) is 13.6. The number of carbonyl (C=O) groups excluding carboxylic acids is 1. The zero-order valence-corrected chi connectivity index (χ0v) is 23.7. The van der Waals surface area contributed by atoms with Gasteiger partial charge in [0.05, 0.1) is 42.4 Å². The van der Waals surface area contributed by atoms with Gasteiger partial charge in [-0.1, -0.05) is 23.7 Å². The van der Waals surface area contributed by atoms with Crippen molar-refractivity contribution >= 4 is 28.6 Å². The first kappa shape index (κ1) is 27.5. The molecule has 0 bridgehead atoms. The predicted molar refractivity (Wildman–Crippen MR) is 152 cm³/mol. The third kappa shape index (κ3) is 5.49. The molecule has 2 aliphatic rings. The molecule has 8 nitrogen and oxygen atoms in total. The molecule has 0 N–H and O–H groups in total. The number of aromatic nitrogens is 2. The van der Waals surface area contributed by atoms with Crippen LogP contribution < -0.4 is 9.47 Å². The lowest BCUT2D eigenvalue weighted by atomic mass is 9.88. The number of methoxy groups -OCH3 is 2. The van der Waals surface area contributed by atoms with Gasteiger partial charge in [0.2, 0.25) is 0 Å². The van der Waals surface area contributed by atoms with Crippen LogP contribution >= 0.6 is 11.6 Å². The van der Waals surface area contributed by atoms with E-state index in [1.807, 2.05) is 24.3 Å². The molecule has 2 aliphatic heterocycles. The number of rotatable bonds is 8. The van der Waals surface area contributed by atoms with Crippen molar-refractivity contribution in [1.82, 2.24) is 14.5 Å². The van der Waals surface area contributed by atoms with Crippen molar-refractivity contribution < 1.29 is 28.1 Å². The van der Waals surface area contributed by atoms with Gasteiger partial charge in [0.1, 0.15) is 11.6 Å². The number of fused-ring (bicyclic) bond motifs is 2. The standard InChI is InChI=1S/C31H31ClFN3O5/c1-38-15-14-36-26-16-20(30(37)39-2)6-9-25(26)34-28(36)18-35-12-10-19(11-13-35)22-4-3-5-27-29(22)41-31(40-27)23-8-7-21(32)17-24(23)33/h3-9,16-17,19,31H,10-15,18H2,1-2H3. The molecule has 1 aromatic heterocycles. The van der Waals surface area contributed by atoms with E-state index in [2.05, 4.69) is 15.5 Å². The second-order valence-corrected chi connectivity index (χ2v) is 10.8. The Balaban J connectivity index is 1.16. The molecule has 41 heavy (non-hydrogen) atoms. The number of benzene rings is 3. The second-order valence-electron chi connectivity index (χ2n) is 10.3. The molecule has 3 heterocycles. The van der Waals surface area contributed by atoms with Crippen LogP contribution in [0.25, 0.3) is 11.0 Å². The number of imidazole rings is 1. The fourth-order valence-electron chi connectivity index (χ4n) is 5.71. The van der Waals surface area contributed by atoms with E-state index >= 15 is 0 Å². The first-order valence-corrected chi connectivity index (χ1v) is 14.0. The van der Waals surface area contributed by atoms with Gasteiger partial charge in [-0.05, 0) is 74.3 Å². The number of esters is 1. The van der Waals surface area contributed by atoms with Gasteiger partial charge in [-0.3, -0.25) is 4.90 Å². The third-order valence-corrected chi connectivity index (χ3v) is 8.08. The highest BCUT2D eigenvalue weighted by Gasteiger charge is 2.33. The van der Waals surface area contributed by atoms with E-state index in [9.17, 15) is 9.18 Å². The maximum absolute atomic E-state index is 14.6. The summed E-state index contributed by atoms with van der Waals surface area (Å²) in [6.07, 6.45) is 1.03. The van der Waals surface area contributed by atoms with Crippen LogP contribution in [-0.4, -0.2) is 54.3 Å². The number of likely N-dealkylation sites (tertiary alicyclic amines) is 1. The predicted octanol–water partition coefficient (Wildman–Crippen LogP) is 6.11. The molecule has 0 spiro atoms. The summed E-state index contributed by atoms with van der Waals surface area (Å²) in [6.45, 7) is 3.61. The van der Waals surface area contributed by atoms with E-state index in [1.54, 1.807) is 25.3 Å². The van der Waals surface area contributed by atoms with Crippen LogP contribution in [0.15, 0.2) is 54.6 Å². The summed E-state index contributed by atoms with van der Waals surface area (Å²) in [5.41, 5.74) is 3.62. The van der Waals surface area contributed by atoms with Gasteiger partial charge in [-0.25, -0.2) is 14.2 Å². The van der Waals surface area contributed by atoms with Crippen molar-refractivity contribution in [2.24, 2.45) is 0 Å². The fourth-order valence-corrected chi connectivity index (χ4v) is 5.87. The molecule has 1 saturated heterocycles. The van der Waals surface area contributed by atoms with Crippen molar-refractivity contribution in [1.29, 1.82) is 0 Å². The van der Waals surface area contributed by atoms with Gasteiger partial charge in [-0.2, -0.15) is 0 Å². The lowest BCUT2D eigenvalue weighted by Gasteiger charge is -2.32. The van der Waals surface area contributed by atoms with Crippen molar-refractivity contribution in [3.8, 4) is 11.5 Å². The molecule has 6 rings (SSSR count). The van der Waals surface area contributed by atoms with Gasteiger partial charge in [0.25, 0.3) is 6.29 Å². The maximum atomic E-state index is 14.6. The monoisotopic (exact) mass is 579 g/mol. The topological polar surface area (TPSA) is 75.0 Å². The largest absolute Gasteiger partial charge is 0.465 e. The van der Waals surface area contributed by atoms with Crippen molar-refractivity contribution in [2.75, 3.05) is 33.9 Å². The number of carbonyl (C=O) groups is 1. The quantitative estimate of drug-likeness (QED) is 0.233. The molecule has 0 amide bonds. The number of hydrogen-bond donors (Lipinski definition) is 0. The van der Waals surface area contributed by atoms with E-state index in [1.165, 1.54) is 13.2 Å². The number of hydrogen-bond acceptors (Lipinski definition) is 7. The fraction of sp³-hybridized carbons (Fsp3) is 0.355. The molecule has 10 heteroatoms. The number of para-hydroxylation sites is 1. The molecule has 0 saturated carbocycles. The summed E-state index contributed by atoms with van der Waals surface area (Å²) >= 11 is 5.92. The van der Waals surface area contributed by atoms with Crippen LogP contribution in [-0.2, 0) is 22.6 Å². The molecular weight excluding hydrogens is 549 g/mol. The van der Waals surface area contributed by atoms with Crippen LogP contribution in [0.5, 0.6) is 11.5 Å². The summed E-state index contributed by atoms with van der Waals surface area (Å²) in [7, 11) is 3.05. The van der Waals surface area contributed by atoms with E-state index < -0.39 is 12.1 Å². The van der Waals surface area contributed by atoms with Gasteiger partial charge in [0, 0.05) is 24.2 Å². The highest BCUT2D eigenvalue weighted by atomic mass is 35.5. The average molecular weight is 580 g/mol. The van der Waals surface area contributed by atoms with Gasteiger partial charge in [0.15, 0.2) is 11.5 Å². The Hall–Kier alpha value is -3.66. The average Bonchev–Trinajstić information content (AvgIpc) is 3.56. The van der Waals surface area contributed by atoms with Crippen molar-refractivity contribution in [3.63, 3.8) is 0 Å². The number of halogens is 2. The Morgan fingerprint density at radius 1 is 1.07 bits per heavy atom. The van der Waals surface area contributed by atoms with Crippen molar-refractivity contribution in [2.45, 2.75) is 38.1 Å². The SMILES string of the molecule is COCCn1c(CN2CCC(c3cccc4c3OC(c3ccc(Cl)cc3F)O4)CC2)nc2ccc(C(=O)OC)cc21. The minimum atomic E-state index is -0.844. The Bertz CT molecular complexity index is 1580. The van der Waals surface area contributed by atoms with Gasteiger partial charge < -0.3 is 23.5 Å². The molecule has 4 aromatic rings. The molecular formula is C31H31ClFN3O5. The minimum absolute atomic E-state index is 0.286. The van der Waals surface area contributed by atoms with Gasteiger partial charge in [-0.15, -0.1) is 0 Å². The van der Waals surface area contributed by atoms with E-state index in [4.69, 9.17) is 35.5 Å². The van der Waals surface area contributed by atoms with E-state index in [-0.39, 0.29) is 11.9 Å². The van der Waals surface area contributed by atoms with Crippen LogP contribution in [0.2, 0.25) is 5.02 Å². The third-order valence-electron chi connectivity index (χ3n) is 7.84. The Morgan fingerprint density at radius 3 is 2.66 bits per heavy atom. The second kappa shape index (κ2) is 11.7. The van der Waals surface area contributed by atoms with E-state index in [0.717, 1.165) is 48.4 Å². The van der Waals surface area contributed by atoms with Crippen LogP contribution in [0.1, 0.15) is 52.4 Å². The smallest absolute Gasteiger partial charge is 0.337 e. The minimum Gasteiger partial charge on any atom is -0.465 e. The molecule has 1 unspecified atom stereocenters. The highest BCUT2D eigenvalue weighted by Crippen LogP contribution is 2.47. The Morgan fingerprint density at radius 2 is 1.90 bits per heavy atom. The van der Waals surface area contributed by atoms with E-state index in [0.29, 0.717) is 47.3 Å². The lowest BCUT2D eigenvalue weighted by Crippen LogP contribution is -2.33.